The lowest BCUT2D eigenvalue weighted by Gasteiger charge is -2.47. The topological polar surface area (TPSA) is 27.0 Å². The summed E-state index contributed by atoms with van der Waals surface area (Å²) in [6.07, 6.45) is 1.74. The molecule has 1 aliphatic heterocycles. The molecule has 0 bridgehead atoms. The van der Waals surface area contributed by atoms with Crippen molar-refractivity contribution in [2.24, 2.45) is 0 Å². The predicted molar refractivity (Wildman–Crippen MR) is 71.1 cm³/mol. The molecule has 0 fully saturated rings. The summed E-state index contributed by atoms with van der Waals surface area (Å²) in [4.78, 5) is 2.39. The minimum Gasteiger partial charge on any atom is -0.365 e. The second-order valence-corrected chi connectivity index (χ2v) is 5.54. The molecule has 0 radical (unpaired) electrons. The highest BCUT2D eigenvalue weighted by Gasteiger charge is 2.35. The minimum absolute atomic E-state index is 0.143. The van der Waals surface area contributed by atoms with Crippen LogP contribution in [0.2, 0.25) is 0 Å². The van der Waals surface area contributed by atoms with Gasteiger partial charge in [0.05, 0.1) is 12.5 Å². The molecule has 17 heavy (non-hydrogen) atoms. The van der Waals surface area contributed by atoms with E-state index in [0.29, 0.717) is 12.3 Å². The van der Waals surface area contributed by atoms with E-state index in [1.165, 1.54) is 11.3 Å². The molecule has 1 unspecified atom stereocenters. The summed E-state index contributed by atoms with van der Waals surface area (Å²) in [6, 6.07) is 10.9. The Kier molecular flexibility index (Phi) is 3.11. The number of hydrogen-bond acceptors (Lipinski definition) is 2. The van der Waals surface area contributed by atoms with Crippen molar-refractivity contribution in [3.63, 3.8) is 0 Å². The van der Waals surface area contributed by atoms with Crippen LogP contribution in [0.5, 0.6) is 0 Å². The first-order chi connectivity index (χ1) is 8.06. The van der Waals surface area contributed by atoms with Gasteiger partial charge in [-0.25, -0.2) is 0 Å². The Hall–Kier alpha value is -1.49. The number of nitrogens with zero attached hydrogens (tertiary/aromatic N) is 2. The van der Waals surface area contributed by atoms with Crippen molar-refractivity contribution in [2.45, 2.75) is 45.1 Å². The molecule has 1 atom stereocenters. The van der Waals surface area contributed by atoms with E-state index in [-0.39, 0.29) is 5.54 Å². The van der Waals surface area contributed by atoms with Crippen LogP contribution in [0.15, 0.2) is 24.3 Å². The van der Waals surface area contributed by atoms with Crippen molar-refractivity contribution in [3.05, 3.63) is 29.8 Å². The minimum atomic E-state index is 0.143. The van der Waals surface area contributed by atoms with Crippen LogP contribution >= 0.6 is 0 Å². The molecular weight excluding hydrogens is 208 g/mol. The number of fused-ring (bicyclic) bond motifs is 1. The number of benzene rings is 1. The fraction of sp³-hybridized carbons (Fsp3) is 0.533. The predicted octanol–water partition coefficient (Wildman–Crippen LogP) is 3.69. The quantitative estimate of drug-likeness (QED) is 0.772. The summed E-state index contributed by atoms with van der Waals surface area (Å²) in [5, 5.41) is 8.79. The Bertz CT molecular complexity index is 442. The van der Waals surface area contributed by atoms with Crippen LogP contribution in [0, 0.1) is 11.3 Å². The molecule has 1 aromatic rings. The number of nitriles is 1. The molecule has 0 saturated heterocycles. The SMILES string of the molecule is CC1CC(C)(C)N(CCC#N)c2ccccc21. The largest absolute Gasteiger partial charge is 0.365 e. The van der Waals surface area contributed by atoms with Crippen molar-refractivity contribution in [3.8, 4) is 6.07 Å². The summed E-state index contributed by atoms with van der Waals surface area (Å²) in [6.45, 7) is 7.67. The van der Waals surface area contributed by atoms with Crippen molar-refractivity contribution < 1.29 is 0 Å². The second-order valence-electron chi connectivity index (χ2n) is 5.54. The lowest BCUT2D eigenvalue weighted by molar-refractivity contribution is 0.378. The molecule has 0 saturated carbocycles. The Morgan fingerprint density at radius 1 is 1.41 bits per heavy atom. The maximum Gasteiger partial charge on any atom is 0.0640 e. The van der Waals surface area contributed by atoms with Gasteiger partial charge in [-0.2, -0.15) is 5.26 Å². The van der Waals surface area contributed by atoms with Gasteiger partial charge in [-0.3, -0.25) is 0 Å². The summed E-state index contributed by atoms with van der Waals surface area (Å²) < 4.78 is 0. The van der Waals surface area contributed by atoms with E-state index < -0.39 is 0 Å². The molecule has 2 nitrogen and oxygen atoms in total. The number of hydrogen-bond donors (Lipinski definition) is 0. The zero-order valence-corrected chi connectivity index (χ0v) is 10.9. The molecule has 0 N–H and O–H groups in total. The monoisotopic (exact) mass is 228 g/mol. The van der Waals surface area contributed by atoms with Crippen LogP contribution in [0.3, 0.4) is 0 Å². The van der Waals surface area contributed by atoms with Crippen LogP contribution in [0.1, 0.15) is 45.1 Å². The number of para-hydroxylation sites is 1. The zero-order chi connectivity index (χ0) is 12.5. The first-order valence-corrected chi connectivity index (χ1v) is 6.30. The fourth-order valence-corrected chi connectivity index (χ4v) is 3.03. The van der Waals surface area contributed by atoms with Gasteiger partial charge in [0, 0.05) is 17.8 Å². The van der Waals surface area contributed by atoms with Crippen LogP contribution in [0.25, 0.3) is 0 Å². The Morgan fingerprint density at radius 2 is 2.12 bits per heavy atom. The molecule has 90 valence electrons. The number of anilines is 1. The molecule has 0 amide bonds. The molecule has 1 heterocycles. The summed E-state index contributed by atoms with van der Waals surface area (Å²) in [5.74, 6) is 0.597. The van der Waals surface area contributed by atoms with Gasteiger partial charge in [0.25, 0.3) is 0 Å². The van der Waals surface area contributed by atoms with E-state index in [4.69, 9.17) is 5.26 Å². The Morgan fingerprint density at radius 3 is 2.82 bits per heavy atom. The molecule has 0 spiro atoms. The third-order valence-corrected chi connectivity index (χ3v) is 3.74. The van der Waals surface area contributed by atoms with Gasteiger partial charge in [0.1, 0.15) is 0 Å². The second kappa shape index (κ2) is 4.41. The lowest BCUT2D eigenvalue weighted by atomic mass is 9.80. The average molecular weight is 228 g/mol. The van der Waals surface area contributed by atoms with Gasteiger partial charge >= 0.3 is 0 Å². The van der Waals surface area contributed by atoms with Gasteiger partial charge in [-0.1, -0.05) is 25.1 Å². The van der Waals surface area contributed by atoms with Crippen molar-refractivity contribution in [1.29, 1.82) is 5.26 Å². The normalized spacial score (nSPS) is 21.8. The van der Waals surface area contributed by atoms with Gasteiger partial charge < -0.3 is 4.90 Å². The average Bonchev–Trinajstić information content (AvgIpc) is 2.28. The van der Waals surface area contributed by atoms with Gasteiger partial charge in [0.2, 0.25) is 0 Å². The standard InChI is InChI=1S/C15H20N2/c1-12-11-15(2,3)17(10-6-9-16)14-8-5-4-7-13(12)14/h4-5,7-8,12H,6,10-11H2,1-3H3. The molecule has 1 aromatic carbocycles. The summed E-state index contributed by atoms with van der Waals surface area (Å²) in [5.41, 5.74) is 2.88. The van der Waals surface area contributed by atoms with Gasteiger partial charge in [-0.05, 0) is 37.8 Å². The summed E-state index contributed by atoms with van der Waals surface area (Å²) in [7, 11) is 0. The maximum atomic E-state index is 8.79. The third-order valence-electron chi connectivity index (χ3n) is 3.74. The summed E-state index contributed by atoms with van der Waals surface area (Å²) >= 11 is 0. The van der Waals surface area contributed by atoms with E-state index in [9.17, 15) is 0 Å². The van der Waals surface area contributed by atoms with Crippen molar-refractivity contribution in [2.75, 3.05) is 11.4 Å². The number of rotatable bonds is 2. The highest BCUT2D eigenvalue weighted by Crippen LogP contribution is 2.42. The molecule has 1 aliphatic rings. The van der Waals surface area contributed by atoms with Crippen LogP contribution in [0.4, 0.5) is 5.69 Å². The molecule has 0 aliphatic carbocycles. The maximum absolute atomic E-state index is 8.79. The van der Waals surface area contributed by atoms with Gasteiger partial charge in [0.15, 0.2) is 0 Å². The lowest BCUT2D eigenvalue weighted by Crippen LogP contribution is -2.48. The molecule has 2 heteroatoms. The van der Waals surface area contributed by atoms with Crippen LogP contribution in [-0.4, -0.2) is 12.1 Å². The van der Waals surface area contributed by atoms with E-state index in [0.717, 1.165) is 13.0 Å². The van der Waals surface area contributed by atoms with Crippen LogP contribution < -0.4 is 4.90 Å². The molecular formula is C15H20N2. The van der Waals surface area contributed by atoms with E-state index >= 15 is 0 Å². The highest BCUT2D eigenvalue weighted by atomic mass is 15.2. The fourth-order valence-electron chi connectivity index (χ4n) is 3.03. The van der Waals surface area contributed by atoms with Gasteiger partial charge in [-0.15, -0.1) is 0 Å². The van der Waals surface area contributed by atoms with Crippen molar-refractivity contribution >= 4 is 5.69 Å². The molecule has 0 aromatic heterocycles. The Labute approximate surface area is 104 Å². The highest BCUT2D eigenvalue weighted by molar-refractivity contribution is 5.59. The van der Waals surface area contributed by atoms with Crippen molar-refractivity contribution in [1.82, 2.24) is 0 Å². The van der Waals surface area contributed by atoms with E-state index in [1.807, 2.05) is 0 Å². The Balaban J connectivity index is 2.41. The third kappa shape index (κ3) is 2.15. The smallest absolute Gasteiger partial charge is 0.0640 e. The van der Waals surface area contributed by atoms with E-state index in [2.05, 4.69) is 56.0 Å². The molecule has 2 rings (SSSR count). The first kappa shape index (κ1) is 12.0. The zero-order valence-electron chi connectivity index (χ0n) is 10.9. The van der Waals surface area contributed by atoms with E-state index in [1.54, 1.807) is 0 Å². The van der Waals surface area contributed by atoms with Crippen LogP contribution in [-0.2, 0) is 0 Å². The first-order valence-electron chi connectivity index (χ1n) is 6.30.